The highest BCUT2D eigenvalue weighted by Gasteiger charge is 2.28. The van der Waals surface area contributed by atoms with Crippen molar-refractivity contribution in [3.8, 4) is 0 Å². The Hall–Kier alpha value is -3.01. The summed E-state index contributed by atoms with van der Waals surface area (Å²) in [5.74, 6) is 2.29. The number of allylic oxidation sites excluding steroid dienone is 2. The summed E-state index contributed by atoms with van der Waals surface area (Å²) >= 11 is 0. The van der Waals surface area contributed by atoms with Crippen molar-refractivity contribution in [3.63, 3.8) is 0 Å². The van der Waals surface area contributed by atoms with E-state index in [1.54, 1.807) is 6.08 Å². The normalized spacial score (nSPS) is 20.2. The molecule has 0 unspecified atom stereocenters. The number of hydrogen-bond donors (Lipinski definition) is 4. The maximum absolute atomic E-state index is 12.5. The van der Waals surface area contributed by atoms with Crippen molar-refractivity contribution in [2.75, 3.05) is 35.7 Å². The lowest BCUT2D eigenvalue weighted by molar-refractivity contribution is -0.122. The Morgan fingerprint density at radius 2 is 1.76 bits per heavy atom. The number of nitrogens with two attached hydrogens (primary N) is 1. The molecule has 10 heteroatoms. The lowest BCUT2D eigenvalue weighted by atomic mass is 9.90. The smallest absolute Gasteiger partial charge is 0.233 e. The Kier molecular flexibility index (Phi) is 10.0. The molecular formula is C27H44N8O2. The molecule has 1 amide bonds. The second-order valence-corrected chi connectivity index (χ2v) is 11.2. The standard InChI is InChI=1S/C27H44N8O2/c1-16(2)11-24(37)29-20-9-7-8-10-21(20)30-25-32-26(34-27(33-25)35(6)15-17(3)4)31-22-13-19(14-28)23(36)12-18(22)5/h13,16-17,20-21H,7-12,14-15,28H2,1-6H3,(H,29,37)(H2,30,31,32,33,34)/t20-,21+/m0/s1. The van der Waals surface area contributed by atoms with Gasteiger partial charge >= 0.3 is 0 Å². The number of Topliss-reactive ketones (excluding diaryl/α,β-unsaturated/α-hetero) is 1. The van der Waals surface area contributed by atoms with Crippen LogP contribution in [0.4, 0.5) is 17.8 Å². The van der Waals surface area contributed by atoms with Gasteiger partial charge in [0.25, 0.3) is 0 Å². The maximum Gasteiger partial charge on any atom is 0.233 e. The highest BCUT2D eigenvalue weighted by atomic mass is 16.1. The van der Waals surface area contributed by atoms with Crippen LogP contribution in [-0.4, -0.2) is 58.9 Å². The number of carbonyl (C=O) groups is 2. The molecular weight excluding hydrogens is 468 g/mol. The number of nitrogens with one attached hydrogen (secondary N) is 3. The van der Waals surface area contributed by atoms with E-state index in [0.29, 0.717) is 48.1 Å². The summed E-state index contributed by atoms with van der Waals surface area (Å²) in [5.41, 5.74) is 8.06. The van der Waals surface area contributed by atoms with Crippen LogP contribution in [0.3, 0.4) is 0 Å². The Bertz CT molecular complexity index is 1030. The van der Waals surface area contributed by atoms with Crippen molar-refractivity contribution in [2.45, 2.75) is 85.2 Å². The summed E-state index contributed by atoms with van der Waals surface area (Å²) < 4.78 is 0. The van der Waals surface area contributed by atoms with Gasteiger partial charge in [-0.2, -0.15) is 15.0 Å². The van der Waals surface area contributed by atoms with E-state index in [1.807, 2.05) is 18.9 Å². The van der Waals surface area contributed by atoms with Gasteiger partial charge < -0.3 is 26.6 Å². The molecule has 204 valence electrons. The molecule has 3 rings (SSSR count). The third-order valence-corrected chi connectivity index (χ3v) is 6.65. The van der Waals surface area contributed by atoms with Crippen LogP contribution in [0.2, 0.25) is 0 Å². The Morgan fingerprint density at radius 1 is 1.08 bits per heavy atom. The molecule has 2 atom stereocenters. The zero-order valence-electron chi connectivity index (χ0n) is 23.2. The monoisotopic (exact) mass is 512 g/mol. The SMILES string of the molecule is CC1=C(Nc2nc(N[C@@H]3CCCC[C@@H]3NC(=O)CC(C)C)nc(N(C)CC(C)C)n2)C=C(CN)C(=O)C1. The van der Waals surface area contributed by atoms with Crippen molar-refractivity contribution in [3.05, 3.63) is 22.9 Å². The Labute approximate surface area is 221 Å². The van der Waals surface area contributed by atoms with Gasteiger partial charge in [0.15, 0.2) is 5.78 Å². The first-order valence-electron chi connectivity index (χ1n) is 13.5. The van der Waals surface area contributed by atoms with Crippen molar-refractivity contribution in [1.29, 1.82) is 0 Å². The highest BCUT2D eigenvalue weighted by molar-refractivity contribution is 5.99. The van der Waals surface area contributed by atoms with E-state index in [-0.39, 0.29) is 30.3 Å². The van der Waals surface area contributed by atoms with Crippen molar-refractivity contribution < 1.29 is 9.59 Å². The second kappa shape index (κ2) is 13.0. The molecule has 0 spiro atoms. The minimum absolute atomic E-state index is 0.0226. The predicted octanol–water partition coefficient (Wildman–Crippen LogP) is 3.39. The molecule has 1 aromatic heterocycles. The molecule has 0 bridgehead atoms. The number of aromatic nitrogens is 3. The van der Waals surface area contributed by atoms with Crippen LogP contribution in [0.5, 0.6) is 0 Å². The minimum Gasteiger partial charge on any atom is -0.351 e. The van der Waals surface area contributed by atoms with E-state index in [2.05, 4.69) is 53.6 Å². The molecule has 0 saturated heterocycles. The van der Waals surface area contributed by atoms with E-state index >= 15 is 0 Å². The number of anilines is 3. The molecule has 37 heavy (non-hydrogen) atoms. The molecule has 0 aromatic carbocycles. The maximum atomic E-state index is 12.5. The highest BCUT2D eigenvalue weighted by Crippen LogP contribution is 2.25. The van der Waals surface area contributed by atoms with Gasteiger partial charge in [0.2, 0.25) is 23.8 Å². The Balaban J connectivity index is 1.87. The van der Waals surface area contributed by atoms with Gasteiger partial charge in [-0.25, -0.2) is 0 Å². The summed E-state index contributed by atoms with van der Waals surface area (Å²) in [6, 6.07) is 0.0507. The number of nitrogens with zero attached hydrogens (tertiary/aromatic N) is 4. The molecule has 1 aromatic rings. The summed E-state index contributed by atoms with van der Waals surface area (Å²) in [6.07, 6.45) is 6.63. The number of carbonyl (C=O) groups excluding carboxylic acids is 2. The van der Waals surface area contributed by atoms with E-state index in [0.717, 1.165) is 43.5 Å². The van der Waals surface area contributed by atoms with Gasteiger partial charge in [-0.15, -0.1) is 0 Å². The topological polar surface area (TPSA) is 138 Å². The van der Waals surface area contributed by atoms with E-state index < -0.39 is 0 Å². The average molecular weight is 513 g/mol. The molecule has 5 N–H and O–H groups in total. The van der Waals surface area contributed by atoms with Crippen molar-refractivity contribution >= 4 is 29.5 Å². The molecule has 0 radical (unpaired) electrons. The number of rotatable bonds is 11. The molecule has 2 aliphatic rings. The van der Waals surface area contributed by atoms with Crippen molar-refractivity contribution in [2.24, 2.45) is 17.6 Å². The van der Waals surface area contributed by atoms with Crippen LogP contribution in [0, 0.1) is 11.8 Å². The van der Waals surface area contributed by atoms with Gasteiger partial charge in [-0.1, -0.05) is 40.5 Å². The summed E-state index contributed by atoms with van der Waals surface area (Å²) in [4.78, 5) is 40.8. The zero-order valence-corrected chi connectivity index (χ0v) is 23.2. The zero-order chi connectivity index (χ0) is 27.1. The van der Waals surface area contributed by atoms with E-state index in [1.165, 1.54) is 0 Å². The fourth-order valence-electron chi connectivity index (χ4n) is 4.83. The fraction of sp³-hybridized carbons (Fsp3) is 0.667. The minimum atomic E-state index is 0.0226. The second-order valence-electron chi connectivity index (χ2n) is 11.2. The average Bonchev–Trinajstić information content (AvgIpc) is 2.81. The van der Waals surface area contributed by atoms with Gasteiger partial charge in [0.05, 0.1) is 0 Å². The van der Waals surface area contributed by atoms with Gasteiger partial charge in [-0.3, -0.25) is 9.59 Å². The molecule has 2 aliphatic carbocycles. The lowest BCUT2D eigenvalue weighted by Crippen LogP contribution is -2.49. The number of amides is 1. The van der Waals surface area contributed by atoms with Crippen LogP contribution < -0.4 is 26.6 Å². The van der Waals surface area contributed by atoms with Crippen molar-refractivity contribution in [1.82, 2.24) is 20.3 Å². The predicted molar refractivity (Wildman–Crippen MR) is 148 cm³/mol. The quantitative estimate of drug-likeness (QED) is 0.351. The summed E-state index contributed by atoms with van der Waals surface area (Å²) in [7, 11) is 1.97. The third-order valence-electron chi connectivity index (χ3n) is 6.65. The number of ketones is 1. The van der Waals surface area contributed by atoms with E-state index in [9.17, 15) is 9.59 Å². The molecule has 1 saturated carbocycles. The largest absolute Gasteiger partial charge is 0.351 e. The summed E-state index contributed by atoms with van der Waals surface area (Å²) in [6.45, 7) is 11.3. The molecule has 0 aliphatic heterocycles. The molecule has 1 fully saturated rings. The number of hydrogen-bond acceptors (Lipinski definition) is 9. The first kappa shape index (κ1) is 28.6. The summed E-state index contributed by atoms with van der Waals surface area (Å²) in [5, 5.41) is 10.0. The fourth-order valence-corrected chi connectivity index (χ4v) is 4.83. The lowest BCUT2D eigenvalue weighted by Gasteiger charge is -2.33. The molecule has 1 heterocycles. The van der Waals surface area contributed by atoms with E-state index in [4.69, 9.17) is 10.7 Å². The van der Waals surface area contributed by atoms with Crippen LogP contribution >= 0.6 is 0 Å². The van der Waals surface area contributed by atoms with Gasteiger partial charge in [-0.05, 0) is 43.3 Å². The van der Waals surface area contributed by atoms with Gasteiger partial charge in [0.1, 0.15) is 0 Å². The van der Waals surface area contributed by atoms with Crippen LogP contribution in [0.15, 0.2) is 22.9 Å². The third kappa shape index (κ3) is 8.24. The van der Waals surface area contributed by atoms with Gasteiger partial charge in [0, 0.05) is 56.3 Å². The van der Waals surface area contributed by atoms with Crippen LogP contribution in [-0.2, 0) is 9.59 Å². The Morgan fingerprint density at radius 3 is 2.41 bits per heavy atom. The van der Waals surface area contributed by atoms with Crippen LogP contribution in [0.25, 0.3) is 0 Å². The van der Waals surface area contributed by atoms with Crippen LogP contribution in [0.1, 0.15) is 73.1 Å². The molecule has 10 nitrogen and oxygen atoms in total. The first-order chi connectivity index (χ1) is 17.5. The first-order valence-corrected chi connectivity index (χ1v) is 13.5.